The smallest absolute Gasteiger partial charge is 0.315 e. The van der Waals surface area contributed by atoms with Crippen LogP contribution in [-0.4, -0.2) is 25.7 Å². The second-order valence-corrected chi connectivity index (χ2v) is 8.92. The molecule has 146 valence electrons. The lowest BCUT2D eigenvalue weighted by molar-refractivity contribution is -0.674. The fourth-order valence-electron chi connectivity index (χ4n) is 5.51. The molecular weight excluding hydrogens is 338 g/mol. The normalized spacial score (nSPS) is 35.1. The lowest BCUT2D eigenvalue weighted by Crippen LogP contribution is -2.84. The minimum Gasteiger partial charge on any atom is -0.497 e. The van der Waals surface area contributed by atoms with E-state index >= 15 is 0 Å². The number of esters is 1. The summed E-state index contributed by atoms with van der Waals surface area (Å²) in [5, 5.41) is 2.24. The number of nitrogens with two attached hydrogens (primary N) is 1. The molecule has 1 saturated heterocycles. The van der Waals surface area contributed by atoms with Gasteiger partial charge in [0.25, 0.3) is 0 Å². The van der Waals surface area contributed by atoms with Crippen LogP contribution in [-0.2, 0) is 16.1 Å². The predicted octanol–water partition coefficient (Wildman–Crippen LogP) is 3.07. The van der Waals surface area contributed by atoms with Crippen molar-refractivity contribution in [2.45, 2.75) is 52.2 Å². The molecule has 1 heterocycles. The van der Waals surface area contributed by atoms with E-state index in [9.17, 15) is 4.79 Å². The van der Waals surface area contributed by atoms with E-state index in [1.54, 1.807) is 12.7 Å². The summed E-state index contributed by atoms with van der Waals surface area (Å²) in [4.78, 5) is 12.6. The molecule has 2 N–H and O–H groups in total. The van der Waals surface area contributed by atoms with E-state index in [0.29, 0.717) is 5.92 Å². The van der Waals surface area contributed by atoms with Gasteiger partial charge in [0.2, 0.25) is 0 Å². The Morgan fingerprint density at radius 1 is 1.30 bits per heavy atom. The molecule has 4 nitrogen and oxygen atoms in total. The second-order valence-electron chi connectivity index (χ2n) is 8.92. The van der Waals surface area contributed by atoms with Gasteiger partial charge in [0.05, 0.1) is 13.7 Å². The quantitative estimate of drug-likeness (QED) is 0.640. The minimum atomic E-state index is -0.0144. The van der Waals surface area contributed by atoms with E-state index in [2.05, 4.69) is 37.4 Å². The molecule has 5 atom stereocenters. The first-order chi connectivity index (χ1) is 13.0. The Bertz CT molecular complexity index is 726. The van der Waals surface area contributed by atoms with Gasteiger partial charge in [0.1, 0.15) is 24.3 Å². The molecule has 0 radical (unpaired) electrons. The number of allylic oxidation sites excluding steroid dienone is 1. The summed E-state index contributed by atoms with van der Waals surface area (Å²) < 4.78 is 11.1. The number of carbonyl (C=O) groups excluding carboxylic acids is 1. The zero-order valence-corrected chi connectivity index (χ0v) is 16.7. The molecular formula is C23H32NO3+. The van der Waals surface area contributed by atoms with Crippen LogP contribution in [0.2, 0.25) is 0 Å². The fraction of sp³-hybridized carbons (Fsp3) is 0.609. The molecule has 0 aromatic heterocycles. The molecule has 0 bridgehead atoms. The maximum Gasteiger partial charge on any atom is 0.315 e. The third-order valence-corrected chi connectivity index (χ3v) is 7.04. The van der Waals surface area contributed by atoms with E-state index in [-0.39, 0.29) is 29.3 Å². The predicted molar refractivity (Wildman–Crippen MR) is 104 cm³/mol. The van der Waals surface area contributed by atoms with Gasteiger partial charge in [-0.2, -0.15) is 0 Å². The topological polar surface area (TPSA) is 52.1 Å². The monoisotopic (exact) mass is 370 g/mol. The first kappa shape index (κ1) is 18.5. The van der Waals surface area contributed by atoms with Crippen molar-refractivity contribution >= 4 is 5.97 Å². The Kier molecular flexibility index (Phi) is 5.02. The van der Waals surface area contributed by atoms with Crippen molar-refractivity contribution in [3.63, 3.8) is 0 Å². The summed E-state index contributed by atoms with van der Waals surface area (Å²) in [5.41, 5.74) is 3.07. The summed E-state index contributed by atoms with van der Waals surface area (Å²) in [6.07, 6.45) is 7.33. The lowest BCUT2D eigenvalue weighted by Gasteiger charge is -2.45. The molecule has 0 amide bonds. The van der Waals surface area contributed by atoms with Gasteiger partial charge >= 0.3 is 5.97 Å². The molecule has 0 unspecified atom stereocenters. The van der Waals surface area contributed by atoms with Gasteiger partial charge in [-0.25, -0.2) is 0 Å². The summed E-state index contributed by atoms with van der Waals surface area (Å²) in [5.74, 6) is 1.76. The van der Waals surface area contributed by atoms with Gasteiger partial charge in [-0.05, 0) is 54.9 Å². The summed E-state index contributed by atoms with van der Waals surface area (Å²) in [6.45, 7) is 6.39. The van der Waals surface area contributed by atoms with Crippen molar-refractivity contribution in [2.75, 3.05) is 13.7 Å². The molecule has 2 aliphatic carbocycles. The molecule has 1 aromatic rings. The summed E-state index contributed by atoms with van der Waals surface area (Å²) >= 11 is 0. The third kappa shape index (κ3) is 3.52. The van der Waals surface area contributed by atoms with Gasteiger partial charge in [-0.3, -0.25) is 4.79 Å². The van der Waals surface area contributed by atoms with Crippen molar-refractivity contribution in [3.8, 4) is 5.75 Å². The maximum absolute atomic E-state index is 12.6. The number of benzene rings is 1. The average Bonchev–Trinajstić information content (AvgIpc) is 2.95. The van der Waals surface area contributed by atoms with E-state index in [1.165, 1.54) is 24.8 Å². The van der Waals surface area contributed by atoms with Crippen molar-refractivity contribution in [2.24, 2.45) is 23.2 Å². The summed E-state index contributed by atoms with van der Waals surface area (Å²) in [7, 11) is 1.68. The van der Waals surface area contributed by atoms with E-state index in [1.807, 2.05) is 12.1 Å². The van der Waals surface area contributed by atoms with Crippen LogP contribution in [0.1, 0.15) is 45.1 Å². The van der Waals surface area contributed by atoms with Crippen LogP contribution >= 0.6 is 0 Å². The van der Waals surface area contributed by atoms with E-state index in [4.69, 9.17) is 9.47 Å². The first-order valence-corrected chi connectivity index (χ1v) is 10.4. The Balaban J connectivity index is 1.43. The van der Waals surface area contributed by atoms with Gasteiger partial charge in [0.15, 0.2) is 0 Å². The number of hydrogen-bond donors (Lipinski definition) is 1. The zero-order chi connectivity index (χ0) is 19.0. The molecule has 1 saturated carbocycles. The number of fused-ring (bicyclic) bond motifs is 2. The average molecular weight is 371 g/mol. The Morgan fingerprint density at radius 3 is 2.81 bits per heavy atom. The van der Waals surface area contributed by atoms with Crippen molar-refractivity contribution < 1.29 is 19.6 Å². The highest BCUT2D eigenvalue weighted by molar-refractivity contribution is 5.76. The molecule has 1 aliphatic heterocycles. The maximum atomic E-state index is 12.6. The Morgan fingerprint density at radius 2 is 2.07 bits per heavy atom. The van der Waals surface area contributed by atoms with E-state index in [0.717, 1.165) is 25.3 Å². The van der Waals surface area contributed by atoms with Crippen molar-refractivity contribution in [1.82, 2.24) is 0 Å². The van der Waals surface area contributed by atoms with Gasteiger partial charge in [0, 0.05) is 11.5 Å². The number of ether oxygens (including phenoxy) is 2. The number of carbonyl (C=O) groups is 1. The fourth-order valence-corrected chi connectivity index (χ4v) is 5.51. The number of methoxy groups -OCH3 is 1. The standard InChI is InChI=1S/C23H31NO3/c1-15-5-4-10-23(2)12-21-18(11-20(15)23)19(22(25)27-21)14-24-13-16-6-8-17(26-3)9-7-16/h6-9,11,15,18-19,21,24H,4-5,10,12-14H2,1-3H3/p+1/t15-,18-,19+,21-,23-/m1/s1. The zero-order valence-electron chi connectivity index (χ0n) is 16.7. The minimum absolute atomic E-state index is 0.00253. The van der Waals surface area contributed by atoms with Crippen molar-refractivity contribution in [3.05, 3.63) is 41.5 Å². The highest BCUT2D eigenvalue weighted by atomic mass is 16.6. The molecule has 4 heteroatoms. The van der Waals surface area contributed by atoms with Crippen LogP contribution in [0.4, 0.5) is 0 Å². The van der Waals surface area contributed by atoms with Crippen LogP contribution in [0.3, 0.4) is 0 Å². The SMILES string of the molecule is COc1ccc(C[NH2+]C[C@@H]2C(=O)O[C@@H]3C[C@@]4(C)CCC[C@@H](C)C4=C[C@H]23)cc1. The van der Waals surface area contributed by atoms with E-state index < -0.39 is 0 Å². The van der Waals surface area contributed by atoms with Crippen molar-refractivity contribution in [1.29, 1.82) is 0 Å². The Labute approximate surface area is 162 Å². The van der Waals surface area contributed by atoms with Crippen LogP contribution in [0, 0.1) is 23.2 Å². The lowest BCUT2D eigenvalue weighted by atomic mass is 9.59. The molecule has 1 aromatic carbocycles. The molecule has 27 heavy (non-hydrogen) atoms. The van der Waals surface area contributed by atoms with Crippen LogP contribution in [0.25, 0.3) is 0 Å². The third-order valence-electron chi connectivity index (χ3n) is 7.04. The number of hydrogen-bond acceptors (Lipinski definition) is 3. The molecule has 0 spiro atoms. The van der Waals surface area contributed by atoms with Crippen LogP contribution in [0.5, 0.6) is 5.75 Å². The van der Waals surface area contributed by atoms with Crippen LogP contribution < -0.4 is 10.1 Å². The number of rotatable bonds is 5. The highest BCUT2D eigenvalue weighted by Crippen LogP contribution is 2.53. The summed E-state index contributed by atoms with van der Waals surface area (Å²) in [6, 6.07) is 8.14. The second kappa shape index (κ2) is 7.31. The van der Waals surface area contributed by atoms with Gasteiger partial charge < -0.3 is 14.8 Å². The molecule has 4 rings (SSSR count). The van der Waals surface area contributed by atoms with Gasteiger partial charge in [-0.15, -0.1) is 0 Å². The number of quaternary nitrogens is 1. The van der Waals surface area contributed by atoms with Gasteiger partial charge in [-0.1, -0.05) is 31.9 Å². The highest BCUT2D eigenvalue weighted by Gasteiger charge is 2.52. The van der Waals surface area contributed by atoms with Crippen LogP contribution in [0.15, 0.2) is 35.9 Å². The first-order valence-electron chi connectivity index (χ1n) is 10.4. The molecule has 3 aliphatic rings. The molecule has 2 fully saturated rings. The largest absolute Gasteiger partial charge is 0.497 e. The Hall–Kier alpha value is -1.81.